The number of hydrogen-bond donors (Lipinski definition) is 2. The lowest BCUT2D eigenvalue weighted by Crippen LogP contribution is -1.85. The molecule has 1 aromatic carbocycles. The number of halogens is 1. The Morgan fingerprint density at radius 3 is 2.92 bits per heavy atom. The number of aromatic amines is 1. The highest BCUT2D eigenvalue weighted by Crippen LogP contribution is 2.27. The smallest absolute Gasteiger partial charge is 0.188 e. The Hall–Kier alpha value is -0.840. The molecule has 2 aromatic rings. The molecular weight excluding hydrogens is 210 g/mol. The van der Waals surface area contributed by atoms with Crippen molar-refractivity contribution < 1.29 is 8.76 Å². The quantitative estimate of drug-likeness (QED) is 0.718. The van der Waals surface area contributed by atoms with E-state index < -0.39 is 11.1 Å². The van der Waals surface area contributed by atoms with Crippen LogP contribution in [0.1, 0.15) is 0 Å². The molecule has 0 radical (unpaired) electrons. The van der Waals surface area contributed by atoms with Gasteiger partial charge in [-0.25, -0.2) is 4.21 Å². The molecule has 1 aromatic heterocycles. The summed E-state index contributed by atoms with van der Waals surface area (Å²) in [6, 6.07) is 5.27. The fraction of sp³-hybridized carbons (Fsp3) is 0. The summed E-state index contributed by atoms with van der Waals surface area (Å²) in [5.41, 5.74) is 0.768. The second kappa shape index (κ2) is 3.14. The van der Waals surface area contributed by atoms with E-state index in [1.807, 2.05) is 0 Å². The lowest BCUT2D eigenvalue weighted by molar-refractivity contribution is 0.565. The summed E-state index contributed by atoms with van der Waals surface area (Å²) < 4.78 is 19.8. The van der Waals surface area contributed by atoms with Crippen LogP contribution in [0.4, 0.5) is 0 Å². The molecule has 0 bridgehead atoms. The minimum atomic E-state index is -2.00. The summed E-state index contributed by atoms with van der Waals surface area (Å²) in [7, 11) is 0. The van der Waals surface area contributed by atoms with Crippen molar-refractivity contribution in [3.63, 3.8) is 0 Å². The molecule has 0 spiro atoms. The molecule has 0 aliphatic rings. The molecule has 0 fully saturated rings. The minimum Gasteiger partial charge on any atom is -0.360 e. The zero-order chi connectivity index (χ0) is 9.42. The number of rotatable bonds is 1. The van der Waals surface area contributed by atoms with Gasteiger partial charge in [-0.3, -0.25) is 0 Å². The Bertz CT molecular complexity index is 480. The van der Waals surface area contributed by atoms with E-state index in [0.717, 1.165) is 5.52 Å². The van der Waals surface area contributed by atoms with Crippen molar-refractivity contribution in [2.24, 2.45) is 0 Å². The van der Waals surface area contributed by atoms with Gasteiger partial charge in [-0.15, -0.1) is 0 Å². The highest BCUT2D eigenvalue weighted by Gasteiger charge is 2.10. The molecule has 68 valence electrons. The molecule has 0 saturated carbocycles. The highest BCUT2D eigenvalue weighted by atomic mass is 35.5. The molecule has 2 rings (SSSR count). The molecule has 1 unspecified atom stereocenters. The second-order valence-corrected chi connectivity index (χ2v) is 3.91. The summed E-state index contributed by atoms with van der Waals surface area (Å²) in [4.78, 5) is 3.19. The SMILES string of the molecule is O=S(O)c1c[nH]c2cccc(Cl)c12. The number of hydrogen-bond acceptors (Lipinski definition) is 1. The molecular formula is C8H6ClNO2S. The van der Waals surface area contributed by atoms with Gasteiger partial charge in [-0.1, -0.05) is 17.7 Å². The highest BCUT2D eigenvalue weighted by molar-refractivity contribution is 7.79. The zero-order valence-electron chi connectivity index (χ0n) is 6.45. The molecule has 13 heavy (non-hydrogen) atoms. The molecule has 5 heteroatoms. The van der Waals surface area contributed by atoms with Crippen LogP contribution in [0.25, 0.3) is 10.9 Å². The second-order valence-electron chi connectivity index (χ2n) is 2.56. The van der Waals surface area contributed by atoms with Crippen molar-refractivity contribution in [2.45, 2.75) is 4.90 Å². The number of fused-ring (bicyclic) bond motifs is 1. The Labute approximate surface area is 82.0 Å². The van der Waals surface area contributed by atoms with E-state index in [-0.39, 0.29) is 0 Å². The Kier molecular flexibility index (Phi) is 2.11. The Balaban J connectivity index is 2.86. The first kappa shape index (κ1) is 8.74. The third kappa shape index (κ3) is 1.37. The zero-order valence-corrected chi connectivity index (χ0v) is 8.02. The Morgan fingerprint density at radius 2 is 2.23 bits per heavy atom. The monoisotopic (exact) mass is 215 g/mol. The van der Waals surface area contributed by atoms with E-state index in [9.17, 15) is 4.21 Å². The van der Waals surface area contributed by atoms with Gasteiger partial charge in [0.25, 0.3) is 0 Å². The molecule has 1 atom stereocenters. The van der Waals surface area contributed by atoms with Crippen LogP contribution in [0.3, 0.4) is 0 Å². The number of benzene rings is 1. The summed E-state index contributed by atoms with van der Waals surface area (Å²) in [6.07, 6.45) is 1.49. The fourth-order valence-corrected chi connectivity index (χ4v) is 2.13. The number of H-pyrrole nitrogens is 1. The standard InChI is InChI=1S/C8H6ClNO2S/c9-5-2-1-3-6-8(5)7(4-10-6)13(11)12/h1-4,10H,(H,11,12). The average Bonchev–Trinajstić information content (AvgIpc) is 2.49. The topological polar surface area (TPSA) is 53.1 Å². The van der Waals surface area contributed by atoms with Crippen molar-refractivity contribution >= 4 is 33.6 Å². The van der Waals surface area contributed by atoms with Crippen LogP contribution in [-0.2, 0) is 11.1 Å². The number of nitrogens with one attached hydrogen (secondary N) is 1. The van der Waals surface area contributed by atoms with Gasteiger partial charge in [-0.05, 0) is 12.1 Å². The van der Waals surface area contributed by atoms with Crippen molar-refractivity contribution in [1.29, 1.82) is 0 Å². The van der Waals surface area contributed by atoms with Gasteiger partial charge in [0.2, 0.25) is 0 Å². The van der Waals surface area contributed by atoms with E-state index in [1.165, 1.54) is 6.20 Å². The Morgan fingerprint density at radius 1 is 1.46 bits per heavy atom. The lowest BCUT2D eigenvalue weighted by atomic mass is 10.2. The third-order valence-electron chi connectivity index (χ3n) is 1.81. The summed E-state index contributed by atoms with van der Waals surface area (Å²) in [5.74, 6) is 0. The van der Waals surface area contributed by atoms with Gasteiger partial charge in [0.1, 0.15) is 0 Å². The van der Waals surface area contributed by atoms with Crippen molar-refractivity contribution in [1.82, 2.24) is 4.98 Å². The first-order valence-corrected chi connectivity index (χ1v) is 5.05. The molecule has 0 saturated heterocycles. The van der Waals surface area contributed by atoms with E-state index in [4.69, 9.17) is 16.2 Å². The van der Waals surface area contributed by atoms with Crippen molar-refractivity contribution in [2.75, 3.05) is 0 Å². The third-order valence-corrected chi connectivity index (χ3v) is 2.82. The molecule has 2 N–H and O–H groups in total. The summed E-state index contributed by atoms with van der Waals surface area (Å²) in [6.45, 7) is 0. The molecule has 1 heterocycles. The predicted octanol–water partition coefficient (Wildman–Crippen LogP) is 2.40. The first-order valence-electron chi connectivity index (χ1n) is 3.56. The number of aromatic nitrogens is 1. The van der Waals surface area contributed by atoms with E-state index in [2.05, 4.69) is 4.98 Å². The van der Waals surface area contributed by atoms with Crippen LogP contribution in [-0.4, -0.2) is 13.7 Å². The van der Waals surface area contributed by atoms with Gasteiger partial charge >= 0.3 is 0 Å². The first-order chi connectivity index (χ1) is 6.20. The van der Waals surface area contributed by atoms with Gasteiger partial charge in [0.15, 0.2) is 11.1 Å². The van der Waals surface area contributed by atoms with Crippen LogP contribution in [0, 0.1) is 0 Å². The predicted molar refractivity (Wildman–Crippen MR) is 52.3 cm³/mol. The molecule has 0 aliphatic carbocycles. The van der Waals surface area contributed by atoms with Gasteiger partial charge < -0.3 is 9.54 Å². The fourth-order valence-electron chi connectivity index (χ4n) is 1.25. The maximum atomic E-state index is 10.9. The van der Waals surface area contributed by atoms with Crippen molar-refractivity contribution in [3.05, 3.63) is 29.4 Å². The average molecular weight is 216 g/mol. The van der Waals surface area contributed by atoms with Crippen molar-refractivity contribution in [3.8, 4) is 0 Å². The van der Waals surface area contributed by atoms with Crippen LogP contribution in [0.5, 0.6) is 0 Å². The van der Waals surface area contributed by atoms with E-state index in [1.54, 1.807) is 18.2 Å². The van der Waals surface area contributed by atoms with Crippen LogP contribution in [0.15, 0.2) is 29.3 Å². The van der Waals surface area contributed by atoms with Crippen LogP contribution in [0.2, 0.25) is 5.02 Å². The minimum absolute atomic E-state index is 0.320. The summed E-state index contributed by atoms with van der Waals surface area (Å²) in [5, 5.41) is 1.10. The lowest BCUT2D eigenvalue weighted by Gasteiger charge is -1.94. The normalized spacial score (nSPS) is 13.4. The van der Waals surface area contributed by atoms with E-state index >= 15 is 0 Å². The molecule has 0 aliphatic heterocycles. The maximum Gasteiger partial charge on any atom is 0.188 e. The van der Waals surface area contributed by atoms with Crippen LogP contribution >= 0.6 is 11.6 Å². The van der Waals surface area contributed by atoms with E-state index in [0.29, 0.717) is 15.3 Å². The summed E-state index contributed by atoms with van der Waals surface area (Å²) >= 11 is 3.88. The maximum absolute atomic E-state index is 10.9. The van der Waals surface area contributed by atoms with Gasteiger partial charge in [0, 0.05) is 17.1 Å². The van der Waals surface area contributed by atoms with Crippen LogP contribution < -0.4 is 0 Å². The van der Waals surface area contributed by atoms with Gasteiger partial charge in [-0.2, -0.15) is 0 Å². The molecule has 0 amide bonds. The largest absolute Gasteiger partial charge is 0.360 e. The molecule has 3 nitrogen and oxygen atoms in total. The van der Waals surface area contributed by atoms with Gasteiger partial charge in [0.05, 0.1) is 9.92 Å².